The molecule has 2 aromatic heterocycles. The van der Waals surface area contributed by atoms with Gasteiger partial charge in [-0.3, -0.25) is 4.79 Å². The van der Waals surface area contributed by atoms with Crippen molar-refractivity contribution in [1.29, 1.82) is 5.26 Å². The first-order chi connectivity index (χ1) is 16.2. The van der Waals surface area contributed by atoms with E-state index in [4.69, 9.17) is 0 Å². The second-order valence-corrected chi connectivity index (χ2v) is 7.87. The average molecular weight is 431 g/mol. The molecule has 0 aliphatic heterocycles. The van der Waals surface area contributed by atoms with Crippen molar-refractivity contribution < 1.29 is 4.79 Å². The molecule has 0 aliphatic carbocycles. The van der Waals surface area contributed by atoms with Crippen molar-refractivity contribution in [3.8, 4) is 11.8 Å². The second-order valence-electron chi connectivity index (χ2n) is 7.87. The minimum Gasteiger partial charge on any atom is -0.361 e. The molecule has 5 nitrogen and oxygen atoms in total. The highest BCUT2D eigenvalue weighted by atomic mass is 16.1. The lowest BCUT2D eigenvalue weighted by atomic mass is 10.1. The molecule has 0 fully saturated rings. The van der Waals surface area contributed by atoms with Gasteiger partial charge in [0, 0.05) is 41.2 Å². The van der Waals surface area contributed by atoms with Crippen molar-refractivity contribution in [2.75, 3.05) is 6.54 Å². The van der Waals surface area contributed by atoms with Gasteiger partial charge in [-0.2, -0.15) is 5.26 Å². The molecule has 0 bridgehead atoms. The van der Waals surface area contributed by atoms with Crippen molar-refractivity contribution in [3.05, 3.63) is 108 Å². The van der Waals surface area contributed by atoms with E-state index in [1.54, 1.807) is 6.08 Å². The fourth-order valence-corrected chi connectivity index (χ4v) is 4.11. The number of para-hydroxylation sites is 1. The number of benzene rings is 3. The van der Waals surface area contributed by atoms with Crippen LogP contribution in [0.25, 0.3) is 33.4 Å². The smallest absolute Gasteiger partial charge is 0.262 e. The summed E-state index contributed by atoms with van der Waals surface area (Å²) in [4.78, 5) is 15.9. The number of amides is 1. The van der Waals surface area contributed by atoms with Gasteiger partial charge in [0.2, 0.25) is 0 Å². The molecular formula is C28H22N4O. The van der Waals surface area contributed by atoms with Gasteiger partial charge in [-0.15, -0.1) is 0 Å². The minimum atomic E-state index is -0.372. The number of fused-ring (bicyclic) bond motifs is 2. The van der Waals surface area contributed by atoms with E-state index >= 15 is 0 Å². The summed E-state index contributed by atoms with van der Waals surface area (Å²) < 4.78 is 1.98. The van der Waals surface area contributed by atoms with Crippen LogP contribution in [0.5, 0.6) is 0 Å². The first-order valence-corrected chi connectivity index (χ1v) is 10.8. The number of hydrogen-bond acceptors (Lipinski definition) is 2. The molecule has 2 heterocycles. The van der Waals surface area contributed by atoms with Gasteiger partial charge in [0.1, 0.15) is 11.6 Å². The third kappa shape index (κ3) is 4.15. The lowest BCUT2D eigenvalue weighted by Gasteiger charge is -2.09. The zero-order valence-corrected chi connectivity index (χ0v) is 18.0. The predicted octanol–water partition coefficient (Wildman–Crippen LogP) is 5.38. The van der Waals surface area contributed by atoms with Crippen LogP contribution in [0.3, 0.4) is 0 Å². The standard InChI is InChI=1S/C28H22N4O/c29-18-23(28(33)30-14-13-22-19-31-27-10-4-3-9-26(22)27)17-24-8-5-15-32(24)25-12-11-20-6-1-2-7-21(20)16-25/h1-12,15-17,19,31H,13-14H2,(H,30,33). The molecule has 0 aliphatic rings. The van der Waals surface area contributed by atoms with Crippen molar-refractivity contribution in [2.24, 2.45) is 0 Å². The Balaban J connectivity index is 1.32. The summed E-state index contributed by atoms with van der Waals surface area (Å²) in [6.45, 7) is 0.450. The van der Waals surface area contributed by atoms with E-state index in [-0.39, 0.29) is 11.5 Å². The normalized spacial score (nSPS) is 11.5. The second kappa shape index (κ2) is 8.89. The molecule has 0 atom stereocenters. The summed E-state index contributed by atoms with van der Waals surface area (Å²) in [6.07, 6.45) is 6.21. The van der Waals surface area contributed by atoms with Crippen molar-refractivity contribution >= 4 is 33.7 Å². The Bertz CT molecular complexity index is 1530. The SMILES string of the molecule is N#CC(=Cc1cccn1-c1ccc2ccccc2c1)C(=O)NCCc1c[nH]c2ccccc12. The topological polar surface area (TPSA) is 73.6 Å². The minimum absolute atomic E-state index is 0.0784. The molecule has 160 valence electrons. The Morgan fingerprint density at radius 3 is 2.70 bits per heavy atom. The van der Waals surface area contributed by atoms with Crippen molar-refractivity contribution in [3.63, 3.8) is 0 Å². The van der Waals surface area contributed by atoms with Crippen LogP contribution in [0.2, 0.25) is 0 Å². The number of H-pyrrole nitrogens is 1. The Morgan fingerprint density at radius 2 is 1.82 bits per heavy atom. The Morgan fingerprint density at radius 1 is 1.00 bits per heavy atom. The van der Waals surface area contributed by atoms with Gasteiger partial charge < -0.3 is 14.9 Å². The first-order valence-electron chi connectivity index (χ1n) is 10.8. The van der Waals surface area contributed by atoms with Crippen LogP contribution >= 0.6 is 0 Å². The molecule has 5 aromatic rings. The largest absolute Gasteiger partial charge is 0.361 e. The first kappa shape index (κ1) is 20.3. The number of carbonyl (C=O) groups is 1. The lowest BCUT2D eigenvalue weighted by Crippen LogP contribution is -2.26. The third-order valence-electron chi connectivity index (χ3n) is 5.80. The van der Waals surface area contributed by atoms with Gasteiger partial charge in [0.25, 0.3) is 5.91 Å². The van der Waals surface area contributed by atoms with E-state index in [9.17, 15) is 10.1 Å². The molecule has 0 spiro atoms. The van der Waals surface area contributed by atoms with Crippen LogP contribution in [-0.2, 0) is 11.2 Å². The number of nitrogens with one attached hydrogen (secondary N) is 2. The molecule has 2 N–H and O–H groups in total. The molecule has 5 heteroatoms. The van der Waals surface area contributed by atoms with Gasteiger partial charge in [0.15, 0.2) is 0 Å². The molecule has 5 rings (SSSR count). The molecule has 0 radical (unpaired) electrons. The number of aromatic nitrogens is 2. The average Bonchev–Trinajstić information content (AvgIpc) is 3.49. The van der Waals surface area contributed by atoms with Crippen LogP contribution in [0.1, 0.15) is 11.3 Å². The molecule has 0 saturated carbocycles. The van der Waals surface area contributed by atoms with E-state index in [0.717, 1.165) is 38.6 Å². The summed E-state index contributed by atoms with van der Waals surface area (Å²) in [6, 6.07) is 28.3. The van der Waals surface area contributed by atoms with E-state index in [2.05, 4.69) is 46.7 Å². The summed E-state index contributed by atoms with van der Waals surface area (Å²) in [5.74, 6) is -0.372. The Kier molecular flexibility index (Phi) is 5.48. The molecule has 33 heavy (non-hydrogen) atoms. The molecule has 3 aromatic carbocycles. The number of rotatable bonds is 6. The fourth-order valence-electron chi connectivity index (χ4n) is 4.11. The highest BCUT2D eigenvalue weighted by molar-refractivity contribution is 6.01. The lowest BCUT2D eigenvalue weighted by molar-refractivity contribution is -0.117. The molecular weight excluding hydrogens is 408 g/mol. The summed E-state index contributed by atoms with van der Waals surface area (Å²) >= 11 is 0. The molecule has 0 saturated heterocycles. The summed E-state index contributed by atoms with van der Waals surface area (Å²) in [5.41, 5.74) is 4.04. The highest BCUT2D eigenvalue weighted by Crippen LogP contribution is 2.21. The summed E-state index contributed by atoms with van der Waals surface area (Å²) in [7, 11) is 0. The summed E-state index contributed by atoms with van der Waals surface area (Å²) in [5, 5.41) is 16.0. The van der Waals surface area contributed by atoms with E-state index in [1.165, 1.54) is 0 Å². The number of nitriles is 1. The van der Waals surface area contributed by atoms with Crippen LogP contribution in [-0.4, -0.2) is 22.0 Å². The van der Waals surface area contributed by atoms with Crippen molar-refractivity contribution in [2.45, 2.75) is 6.42 Å². The van der Waals surface area contributed by atoms with E-state index < -0.39 is 0 Å². The zero-order valence-electron chi connectivity index (χ0n) is 18.0. The van der Waals surface area contributed by atoms with Crippen LogP contribution in [0.15, 0.2) is 96.8 Å². The Labute approximate surface area is 191 Å². The maximum atomic E-state index is 12.7. The van der Waals surface area contributed by atoms with Gasteiger partial charge in [-0.05, 0) is 59.2 Å². The maximum Gasteiger partial charge on any atom is 0.262 e. The van der Waals surface area contributed by atoms with Gasteiger partial charge in [0.05, 0.1) is 0 Å². The van der Waals surface area contributed by atoms with Gasteiger partial charge in [-0.25, -0.2) is 0 Å². The van der Waals surface area contributed by atoms with Crippen LogP contribution in [0.4, 0.5) is 0 Å². The predicted molar refractivity (Wildman–Crippen MR) is 132 cm³/mol. The maximum absolute atomic E-state index is 12.7. The number of carbonyl (C=O) groups excluding carboxylic acids is 1. The molecule has 0 unspecified atom stereocenters. The monoisotopic (exact) mass is 430 g/mol. The number of aromatic amines is 1. The highest BCUT2D eigenvalue weighted by Gasteiger charge is 2.11. The molecule has 1 amide bonds. The number of nitrogens with zero attached hydrogens (tertiary/aromatic N) is 2. The Hall–Kier alpha value is -4.56. The zero-order chi connectivity index (χ0) is 22.6. The van der Waals surface area contributed by atoms with Gasteiger partial charge >= 0.3 is 0 Å². The van der Waals surface area contributed by atoms with E-state index in [1.807, 2.05) is 65.5 Å². The van der Waals surface area contributed by atoms with Crippen LogP contribution in [0, 0.1) is 11.3 Å². The quantitative estimate of drug-likeness (QED) is 0.280. The fraction of sp³-hybridized carbons (Fsp3) is 0.0714. The van der Waals surface area contributed by atoms with Gasteiger partial charge in [-0.1, -0.05) is 48.5 Å². The van der Waals surface area contributed by atoms with E-state index in [0.29, 0.717) is 13.0 Å². The van der Waals surface area contributed by atoms with Crippen molar-refractivity contribution in [1.82, 2.24) is 14.9 Å². The van der Waals surface area contributed by atoms with Crippen LogP contribution < -0.4 is 5.32 Å². The third-order valence-corrected chi connectivity index (χ3v) is 5.80. The number of hydrogen-bond donors (Lipinski definition) is 2.